The Labute approximate surface area is 138 Å². The van der Waals surface area contributed by atoms with Crippen LogP contribution in [0.2, 0.25) is 0 Å². The van der Waals surface area contributed by atoms with Gasteiger partial charge < -0.3 is 0 Å². The average molecular weight is 329 g/mol. The van der Waals surface area contributed by atoms with E-state index < -0.39 is 24.1 Å². The molecule has 1 aromatic heterocycles. The fourth-order valence-corrected chi connectivity index (χ4v) is 1.74. The van der Waals surface area contributed by atoms with Gasteiger partial charge in [-0.25, -0.2) is 0 Å². The van der Waals surface area contributed by atoms with Crippen molar-refractivity contribution < 1.29 is 4.92 Å². The Balaban J connectivity index is 0.000000240. The summed E-state index contributed by atoms with van der Waals surface area (Å²) < 4.78 is 0.659. The molecule has 0 saturated carbocycles. The summed E-state index contributed by atoms with van der Waals surface area (Å²) in [4.78, 5) is 10.0. The first-order valence-electron chi connectivity index (χ1n) is 5.80. The van der Waals surface area contributed by atoms with E-state index in [0.717, 1.165) is 0 Å². The van der Waals surface area contributed by atoms with Crippen LogP contribution in [0.5, 0.6) is 0 Å². The lowest BCUT2D eigenvalue weighted by Gasteiger charge is -2.13. The molecule has 0 aliphatic heterocycles. The molecule has 0 spiro atoms. The second-order valence-corrected chi connectivity index (χ2v) is 5.02. The largest absolute Gasteiger partial charge is 0.270 e. The van der Waals surface area contributed by atoms with Crippen LogP contribution in [-0.2, 0) is 0 Å². The number of non-ortho nitro benzene ring substituents is 1. The van der Waals surface area contributed by atoms with Crippen LogP contribution in [-0.4, -0.2) is 73.0 Å². The summed E-state index contributed by atoms with van der Waals surface area (Å²) in [6.45, 7) is 0. The van der Waals surface area contributed by atoms with Crippen molar-refractivity contribution in [2.75, 3.05) is 0 Å². The fraction of sp³-hybridized carbons (Fsp3) is 0. The van der Waals surface area contributed by atoms with E-state index in [1.807, 2.05) is 0 Å². The summed E-state index contributed by atoms with van der Waals surface area (Å²) in [5, 5.41) is 17.8. The molecule has 1 heterocycles. The Bertz CT molecular complexity index is 615. The van der Waals surface area contributed by atoms with E-state index >= 15 is 0 Å². The number of nitrogens with zero attached hydrogens (tertiary/aromatic N) is 2. The van der Waals surface area contributed by atoms with Crippen LogP contribution in [0.4, 0.5) is 5.69 Å². The van der Waals surface area contributed by atoms with Gasteiger partial charge >= 0.3 is 0 Å². The molecule has 21 heavy (non-hydrogen) atoms. The van der Waals surface area contributed by atoms with Gasteiger partial charge in [-0.15, -0.1) is 0 Å². The van der Waals surface area contributed by atoms with Gasteiger partial charge in [-0.1, -0.05) is 0 Å². The Morgan fingerprint density at radius 1 is 1.19 bits per heavy atom. The van der Waals surface area contributed by atoms with E-state index in [0.29, 0.717) is 15.5 Å². The van der Waals surface area contributed by atoms with Crippen molar-refractivity contribution in [3.05, 3.63) is 32.9 Å². The molecule has 0 aliphatic rings. The molecular weight excluding hydrogens is 324 g/mol. The quantitative estimate of drug-likeness (QED) is 0.455. The minimum absolute atomic E-state index is 0.0644. The predicted octanol–water partition coefficient (Wildman–Crippen LogP) is -0.813. The lowest BCUT2D eigenvalue weighted by molar-refractivity contribution is -0.384. The molecule has 90 valence electrons. The summed E-state index contributed by atoms with van der Waals surface area (Å²) in [5.41, 5.74) is 0.770. The van der Waals surface area contributed by atoms with Gasteiger partial charge in [0.05, 0.1) is 10.4 Å². The first-order chi connectivity index (χ1) is 9.73. The lowest BCUT2D eigenvalue weighted by atomic mass is 8.68. The summed E-state index contributed by atoms with van der Waals surface area (Å²) >= 11 is 3.21. The highest BCUT2D eigenvalue weighted by Gasteiger charge is 2.14. The van der Waals surface area contributed by atoms with Crippen molar-refractivity contribution in [1.82, 2.24) is 10.2 Å². The molecule has 0 amide bonds. The van der Waals surface area contributed by atoms with Crippen LogP contribution in [0.25, 0.3) is 10.9 Å². The van der Waals surface area contributed by atoms with Crippen LogP contribution < -0.4 is 0 Å². The maximum absolute atomic E-state index is 10.4. The van der Waals surface area contributed by atoms with Crippen molar-refractivity contribution in [3.8, 4) is 0 Å². The third-order valence-electron chi connectivity index (χ3n) is 2.59. The second-order valence-electron chi connectivity index (χ2n) is 4.23. The van der Waals surface area contributed by atoms with E-state index in [2.05, 4.69) is 26.1 Å². The number of rotatable bonds is 3. The number of nitrogens with one attached hydrogen (secondary N) is 1. The Hall–Kier alpha value is -0.911. The molecule has 1 N–H and O–H groups in total. The van der Waals surface area contributed by atoms with E-state index in [9.17, 15) is 10.1 Å². The first kappa shape index (κ1) is 18.1. The molecule has 5 nitrogen and oxygen atoms in total. The van der Waals surface area contributed by atoms with Crippen LogP contribution in [0, 0.1) is 10.1 Å². The van der Waals surface area contributed by atoms with Gasteiger partial charge in [0.2, 0.25) is 0 Å². The maximum Gasteiger partial charge on any atom is 0.270 e. The van der Waals surface area contributed by atoms with Crippen molar-refractivity contribution in [3.63, 3.8) is 0 Å². The van der Waals surface area contributed by atoms with E-state index in [-0.39, 0.29) is 5.69 Å². The first-order valence-corrected chi connectivity index (χ1v) is 6.59. The van der Waals surface area contributed by atoms with Crippen LogP contribution in [0.1, 0.15) is 0 Å². The number of nitro groups is 1. The van der Waals surface area contributed by atoms with Gasteiger partial charge in [0.15, 0.2) is 0 Å². The molecule has 0 saturated heterocycles. The highest BCUT2D eigenvalue weighted by molar-refractivity contribution is 9.10. The molecule has 14 heteroatoms. The average Bonchev–Trinajstić information content (AvgIpc) is 2.79. The maximum atomic E-state index is 10.4. The molecule has 0 fully saturated rings. The van der Waals surface area contributed by atoms with Gasteiger partial charge in [0.25, 0.3) is 5.69 Å². The molecule has 0 unspecified atom stereocenters. The van der Waals surface area contributed by atoms with Crippen molar-refractivity contribution in [1.29, 1.82) is 0 Å². The van der Waals surface area contributed by atoms with Gasteiger partial charge in [-0.2, -0.15) is 5.10 Å². The molecule has 0 atom stereocenters. The summed E-state index contributed by atoms with van der Waals surface area (Å²) in [7, 11) is 25.8. The highest BCUT2D eigenvalue weighted by Crippen LogP contribution is 2.24. The van der Waals surface area contributed by atoms with Gasteiger partial charge in [-0.3, -0.25) is 15.2 Å². The number of aromatic nitrogens is 2. The SMILES string of the molecule is O=[N+]([O-])c1ccc2n[nH]c(Br)c2c1.[B]B([B])B([B])B([B])[B]. The van der Waals surface area contributed by atoms with E-state index in [4.69, 9.17) is 38.7 Å². The third kappa shape index (κ3) is 5.09. The van der Waals surface area contributed by atoms with Crippen LogP contribution >= 0.6 is 15.9 Å². The smallest absolute Gasteiger partial charge is 0.270 e. The summed E-state index contributed by atoms with van der Waals surface area (Å²) in [6.07, 6.45) is -1.78. The monoisotopic (exact) mass is 329 g/mol. The normalized spacial score (nSPS) is 9.57. The minimum Gasteiger partial charge on any atom is -0.270 e. The second kappa shape index (κ2) is 7.92. The van der Waals surface area contributed by atoms with Crippen LogP contribution in [0.15, 0.2) is 22.8 Å². The number of H-pyrrole nitrogens is 1. The fourth-order valence-electron chi connectivity index (χ4n) is 1.34. The molecule has 0 bridgehead atoms. The summed E-state index contributed by atoms with van der Waals surface area (Å²) in [6, 6.07) is 4.51. The minimum atomic E-state index is -0.630. The van der Waals surface area contributed by atoms with Crippen molar-refractivity contribution >= 4 is 90.4 Å². The Morgan fingerprint density at radius 2 is 1.76 bits per heavy atom. The number of fused-ring (bicyclic) bond motifs is 1. The number of hydrogen-bond acceptors (Lipinski definition) is 3. The summed E-state index contributed by atoms with van der Waals surface area (Å²) in [5.74, 6) is 0. The van der Waals surface area contributed by atoms with Crippen molar-refractivity contribution in [2.24, 2.45) is 0 Å². The zero-order valence-corrected chi connectivity index (χ0v) is 12.5. The standard InChI is InChI=1S/C7H4BrN3O2.B8/c8-7-5-3-4(11(12)13)1-2-6(5)9-10-7;1-6(2)8(5)7(3)4/h1-3H,(H,9,10);. The molecule has 2 rings (SSSR count). The zero-order valence-electron chi connectivity index (χ0n) is 10.9. The lowest BCUT2D eigenvalue weighted by Crippen LogP contribution is -2.52. The number of halogens is 1. The molecule has 0 aliphatic carbocycles. The number of benzene rings is 1. The van der Waals surface area contributed by atoms with Gasteiger partial charge in [0.1, 0.15) is 4.60 Å². The van der Waals surface area contributed by atoms with E-state index in [1.54, 1.807) is 6.07 Å². The number of aromatic amines is 1. The number of hydrogen-bond donors (Lipinski definition) is 1. The topological polar surface area (TPSA) is 71.8 Å². The highest BCUT2D eigenvalue weighted by atomic mass is 79.9. The van der Waals surface area contributed by atoms with Gasteiger partial charge in [-0.05, 0) is 22.0 Å². The van der Waals surface area contributed by atoms with Crippen LogP contribution in [0.3, 0.4) is 0 Å². The molecule has 1 aromatic carbocycles. The molecular formula is C7H4B8BrN3O2. The van der Waals surface area contributed by atoms with Gasteiger partial charge in [0, 0.05) is 75.4 Å². The van der Waals surface area contributed by atoms with E-state index in [1.165, 1.54) is 12.1 Å². The Morgan fingerprint density at radius 3 is 2.19 bits per heavy atom. The zero-order chi connectivity index (χ0) is 16.2. The third-order valence-corrected chi connectivity index (χ3v) is 3.20. The molecule has 2 aromatic rings. The Kier molecular flexibility index (Phi) is 6.84. The predicted molar refractivity (Wildman–Crippen MR) is 96.5 cm³/mol. The van der Waals surface area contributed by atoms with Crippen molar-refractivity contribution in [2.45, 2.75) is 0 Å². The molecule has 10 radical (unpaired) electrons. The number of nitro benzene ring substituents is 1.